The van der Waals surface area contributed by atoms with Crippen LogP contribution in [0.1, 0.15) is 41.3 Å². The zero-order chi connectivity index (χ0) is 20.4. The fourth-order valence-corrected chi connectivity index (χ4v) is 3.75. The number of rotatable bonds is 7. The predicted octanol–water partition coefficient (Wildman–Crippen LogP) is 4.58. The van der Waals surface area contributed by atoms with Crippen molar-refractivity contribution in [1.29, 1.82) is 0 Å². The van der Waals surface area contributed by atoms with Crippen LogP contribution in [0, 0.1) is 6.92 Å². The summed E-state index contributed by atoms with van der Waals surface area (Å²) in [7, 11) is 0. The third-order valence-electron chi connectivity index (χ3n) is 4.39. The highest BCUT2D eigenvalue weighted by Crippen LogP contribution is 2.28. The fourth-order valence-electron chi connectivity index (χ4n) is 2.97. The van der Waals surface area contributed by atoms with Crippen LogP contribution in [-0.2, 0) is 6.54 Å². The highest BCUT2D eigenvalue weighted by Gasteiger charge is 2.20. The molecule has 0 saturated carbocycles. The minimum absolute atomic E-state index is 0.235. The fraction of sp³-hybridized carbons (Fsp3) is 0.263. The Labute approximate surface area is 170 Å². The van der Waals surface area contributed by atoms with Gasteiger partial charge in [0.1, 0.15) is 16.7 Å². The molecule has 29 heavy (non-hydrogen) atoms. The monoisotopic (exact) mass is 415 g/mol. The van der Waals surface area contributed by atoms with Crippen LogP contribution in [0.5, 0.6) is 0 Å². The highest BCUT2D eigenvalue weighted by atomic mass is 32.1. The van der Waals surface area contributed by atoms with E-state index < -0.39 is 6.43 Å². The summed E-state index contributed by atoms with van der Waals surface area (Å²) in [5, 5.41) is 21.2. The Morgan fingerprint density at radius 2 is 1.90 bits per heavy atom. The quantitative estimate of drug-likeness (QED) is 0.478. The largest absolute Gasteiger partial charge is 0.313 e. The van der Waals surface area contributed by atoms with Crippen LogP contribution < -0.4 is 5.32 Å². The van der Waals surface area contributed by atoms with E-state index >= 15 is 0 Å². The lowest BCUT2D eigenvalue weighted by atomic mass is 10.2. The maximum atomic E-state index is 12.9. The normalized spacial score (nSPS) is 12.4. The molecular formula is C19H19F2N7S. The lowest BCUT2D eigenvalue weighted by molar-refractivity contribution is 0.145. The first-order valence-corrected chi connectivity index (χ1v) is 9.83. The molecule has 0 spiro atoms. The lowest BCUT2D eigenvalue weighted by Crippen LogP contribution is -2.10. The van der Waals surface area contributed by atoms with Gasteiger partial charge in [-0.3, -0.25) is 9.36 Å². The molecule has 0 radical (unpaired) electrons. The summed E-state index contributed by atoms with van der Waals surface area (Å²) in [4.78, 5) is 0. The molecule has 1 N–H and O–H groups in total. The molecule has 1 aromatic carbocycles. The van der Waals surface area contributed by atoms with Crippen LogP contribution in [-0.4, -0.2) is 29.8 Å². The first kappa shape index (κ1) is 19.2. The topological polar surface area (TPSA) is 73.5 Å². The van der Waals surface area contributed by atoms with E-state index in [9.17, 15) is 8.78 Å². The van der Waals surface area contributed by atoms with E-state index in [0.29, 0.717) is 28.2 Å². The summed E-state index contributed by atoms with van der Waals surface area (Å²) in [5.41, 5.74) is 1.57. The third kappa shape index (κ3) is 4.32. The molecule has 3 aromatic heterocycles. The van der Waals surface area contributed by atoms with Crippen molar-refractivity contribution in [3.05, 3.63) is 70.6 Å². The van der Waals surface area contributed by atoms with Crippen molar-refractivity contribution in [1.82, 2.24) is 29.8 Å². The van der Waals surface area contributed by atoms with Crippen molar-refractivity contribution >= 4 is 22.3 Å². The summed E-state index contributed by atoms with van der Waals surface area (Å²) in [6, 6.07) is 13.0. The highest BCUT2D eigenvalue weighted by molar-refractivity contribution is 7.15. The van der Waals surface area contributed by atoms with E-state index in [1.165, 1.54) is 17.4 Å². The van der Waals surface area contributed by atoms with Gasteiger partial charge in [0.05, 0.1) is 6.54 Å². The second-order valence-corrected chi connectivity index (χ2v) is 7.60. The minimum Gasteiger partial charge on any atom is -0.313 e. The molecule has 1 atom stereocenters. The van der Waals surface area contributed by atoms with Gasteiger partial charge in [0.25, 0.3) is 6.43 Å². The number of anilines is 2. The van der Waals surface area contributed by atoms with Crippen molar-refractivity contribution in [3.63, 3.8) is 0 Å². The third-order valence-corrected chi connectivity index (χ3v) is 5.40. The molecule has 4 aromatic rings. The van der Waals surface area contributed by atoms with E-state index in [2.05, 4.69) is 25.7 Å². The molecule has 0 aliphatic rings. The second-order valence-electron chi connectivity index (χ2n) is 6.59. The smallest absolute Gasteiger partial charge is 0.282 e. The molecule has 0 fully saturated rings. The predicted molar refractivity (Wildman–Crippen MR) is 107 cm³/mol. The Kier molecular flexibility index (Phi) is 5.34. The van der Waals surface area contributed by atoms with Crippen molar-refractivity contribution in [2.45, 2.75) is 32.9 Å². The van der Waals surface area contributed by atoms with Gasteiger partial charge in [-0.2, -0.15) is 10.2 Å². The molecular weight excluding hydrogens is 396 g/mol. The number of alkyl halides is 2. The van der Waals surface area contributed by atoms with Gasteiger partial charge in [-0.1, -0.05) is 41.7 Å². The van der Waals surface area contributed by atoms with E-state index in [0.717, 1.165) is 5.56 Å². The maximum Gasteiger partial charge on any atom is 0.282 e. The van der Waals surface area contributed by atoms with Gasteiger partial charge < -0.3 is 5.32 Å². The molecule has 0 aliphatic heterocycles. The van der Waals surface area contributed by atoms with Gasteiger partial charge in [0, 0.05) is 18.0 Å². The Morgan fingerprint density at radius 3 is 2.62 bits per heavy atom. The van der Waals surface area contributed by atoms with Gasteiger partial charge in [-0.25, -0.2) is 8.78 Å². The number of hydrogen-bond acceptors (Lipinski definition) is 6. The average molecular weight is 415 g/mol. The minimum atomic E-state index is -2.60. The Morgan fingerprint density at radius 1 is 1.10 bits per heavy atom. The Bertz CT molecular complexity index is 1090. The molecule has 10 heteroatoms. The number of aryl methyl sites for hydroxylation is 1. The van der Waals surface area contributed by atoms with E-state index in [4.69, 9.17) is 0 Å². The molecule has 7 nitrogen and oxygen atoms in total. The van der Waals surface area contributed by atoms with E-state index in [-0.39, 0.29) is 11.7 Å². The molecule has 0 bridgehead atoms. The molecule has 4 rings (SSSR count). The molecule has 0 amide bonds. The van der Waals surface area contributed by atoms with Crippen LogP contribution in [0.15, 0.2) is 48.7 Å². The van der Waals surface area contributed by atoms with Crippen LogP contribution in [0.25, 0.3) is 0 Å². The van der Waals surface area contributed by atoms with Crippen LogP contribution >= 0.6 is 11.3 Å². The molecule has 0 saturated heterocycles. The zero-order valence-corrected chi connectivity index (χ0v) is 16.6. The number of aromatic nitrogens is 6. The van der Waals surface area contributed by atoms with Gasteiger partial charge in [0.15, 0.2) is 5.82 Å². The Balaban J connectivity index is 1.44. The standard InChI is InChI=1S/C19H19F2N7S/c1-12-10-15(17(20)21)25-28(12)13(2)18-23-24-19(29-18)22-16-8-9-27(26-16)11-14-6-4-3-5-7-14/h3-10,13,17H,11H2,1-2H3,(H,22,24,26)/t13-/m0/s1. The first-order chi connectivity index (χ1) is 14.0. The van der Waals surface area contributed by atoms with Gasteiger partial charge in [0.2, 0.25) is 5.13 Å². The molecule has 150 valence electrons. The van der Waals surface area contributed by atoms with Gasteiger partial charge >= 0.3 is 0 Å². The van der Waals surface area contributed by atoms with Crippen LogP contribution in [0.4, 0.5) is 19.7 Å². The van der Waals surface area contributed by atoms with E-state index in [1.807, 2.05) is 54.2 Å². The van der Waals surface area contributed by atoms with Crippen molar-refractivity contribution in [2.75, 3.05) is 5.32 Å². The Hall–Kier alpha value is -3.14. The maximum absolute atomic E-state index is 12.9. The summed E-state index contributed by atoms with van der Waals surface area (Å²) in [6.07, 6.45) is -0.710. The van der Waals surface area contributed by atoms with Crippen LogP contribution in [0.2, 0.25) is 0 Å². The van der Waals surface area contributed by atoms with Gasteiger partial charge in [-0.15, -0.1) is 10.2 Å². The number of nitrogens with zero attached hydrogens (tertiary/aromatic N) is 6. The zero-order valence-electron chi connectivity index (χ0n) is 15.8. The van der Waals surface area contributed by atoms with Crippen molar-refractivity contribution < 1.29 is 8.78 Å². The summed E-state index contributed by atoms with van der Waals surface area (Å²) in [6.45, 7) is 4.27. The summed E-state index contributed by atoms with van der Waals surface area (Å²) >= 11 is 1.34. The number of nitrogens with one attached hydrogen (secondary N) is 1. The van der Waals surface area contributed by atoms with Gasteiger partial charge in [-0.05, 0) is 25.5 Å². The molecule has 0 unspecified atom stereocenters. The first-order valence-electron chi connectivity index (χ1n) is 9.01. The average Bonchev–Trinajstić information content (AvgIpc) is 3.43. The number of halogens is 2. The van der Waals surface area contributed by atoms with Crippen molar-refractivity contribution in [2.24, 2.45) is 0 Å². The van der Waals surface area contributed by atoms with Crippen molar-refractivity contribution in [3.8, 4) is 0 Å². The second kappa shape index (κ2) is 8.08. The lowest BCUT2D eigenvalue weighted by Gasteiger charge is -2.10. The molecule has 3 heterocycles. The SMILES string of the molecule is Cc1cc(C(F)F)nn1[C@@H](C)c1nnc(Nc2ccn(Cc3ccccc3)n2)s1. The van der Waals surface area contributed by atoms with Crippen LogP contribution in [0.3, 0.4) is 0 Å². The number of hydrogen-bond donors (Lipinski definition) is 1. The van der Waals surface area contributed by atoms with E-state index in [1.54, 1.807) is 11.6 Å². The molecule has 0 aliphatic carbocycles. The summed E-state index contributed by atoms with van der Waals surface area (Å²) in [5.74, 6) is 0.659. The number of benzene rings is 1. The summed E-state index contributed by atoms with van der Waals surface area (Å²) < 4.78 is 29.2.